The van der Waals surface area contributed by atoms with E-state index in [4.69, 9.17) is 0 Å². The van der Waals surface area contributed by atoms with Gasteiger partial charge in [-0.1, -0.05) is 29.4 Å². The van der Waals surface area contributed by atoms with Crippen LogP contribution in [0.2, 0.25) is 0 Å². The number of carbonyl (C=O) groups excluding carboxylic acids is 1. The van der Waals surface area contributed by atoms with Gasteiger partial charge in [0.2, 0.25) is 0 Å². The predicted octanol–water partition coefficient (Wildman–Crippen LogP) is 3.17. The number of rotatable bonds is 6. The van der Waals surface area contributed by atoms with Crippen molar-refractivity contribution in [2.75, 3.05) is 6.54 Å². The van der Waals surface area contributed by atoms with Crippen LogP contribution < -0.4 is 10.6 Å². The van der Waals surface area contributed by atoms with Gasteiger partial charge in [-0.25, -0.2) is 4.79 Å². The smallest absolute Gasteiger partial charge is 0.350 e. The molecule has 0 bridgehead atoms. The molecule has 2 aromatic rings. The summed E-state index contributed by atoms with van der Waals surface area (Å²) >= 11 is 1.62. The minimum Gasteiger partial charge on any atom is -0.350 e. The van der Waals surface area contributed by atoms with Crippen molar-refractivity contribution in [3.63, 3.8) is 0 Å². The number of urea groups is 1. The lowest BCUT2D eigenvalue weighted by Gasteiger charge is -2.22. The Kier molecular flexibility index (Phi) is 5.90. The standard InChI is InChI=1S/C18H18F3N3O3S/c19-18(20,21)17(26)10-15(24-27-17)13-4-1-3-12(9-13)11-23-16(25)22-7-6-14-5-2-8-28-14/h1-5,8-9,26H,6-7,10-11H2,(H2,22,23,25). The fraction of sp³-hybridized carbons (Fsp3) is 0.333. The van der Waals surface area contributed by atoms with Crippen molar-refractivity contribution in [3.05, 3.63) is 57.8 Å². The summed E-state index contributed by atoms with van der Waals surface area (Å²) in [5.41, 5.74) is 1.05. The summed E-state index contributed by atoms with van der Waals surface area (Å²) in [5, 5.41) is 20.3. The van der Waals surface area contributed by atoms with E-state index in [2.05, 4.69) is 20.6 Å². The number of thiophene rings is 1. The number of aliphatic hydroxyl groups is 1. The number of hydrogen-bond donors (Lipinski definition) is 3. The zero-order valence-corrected chi connectivity index (χ0v) is 15.4. The maximum atomic E-state index is 12.8. The summed E-state index contributed by atoms with van der Waals surface area (Å²) < 4.78 is 38.4. The average molecular weight is 413 g/mol. The van der Waals surface area contributed by atoms with Crippen molar-refractivity contribution >= 4 is 23.1 Å². The van der Waals surface area contributed by atoms with Crippen molar-refractivity contribution in [3.8, 4) is 0 Å². The molecule has 28 heavy (non-hydrogen) atoms. The maximum absolute atomic E-state index is 12.8. The van der Waals surface area contributed by atoms with Crippen LogP contribution in [0, 0.1) is 0 Å². The van der Waals surface area contributed by atoms with Gasteiger partial charge in [-0.3, -0.25) is 0 Å². The largest absolute Gasteiger partial charge is 0.458 e. The molecular weight excluding hydrogens is 395 g/mol. The van der Waals surface area contributed by atoms with Gasteiger partial charge in [0.1, 0.15) is 0 Å². The number of halogens is 3. The van der Waals surface area contributed by atoms with E-state index in [0.29, 0.717) is 17.7 Å². The van der Waals surface area contributed by atoms with Crippen LogP contribution in [0.5, 0.6) is 0 Å². The Labute approximate surface area is 163 Å². The highest BCUT2D eigenvalue weighted by Gasteiger charge is 2.60. The molecule has 2 amide bonds. The molecule has 0 saturated heterocycles. The third-order valence-electron chi connectivity index (χ3n) is 4.11. The first-order valence-electron chi connectivity index (χ1n) is 8.44. The van der Waals surface area contributed by atoms with E-state index in [0.717, 1.165) is 6.42 Å². The normalized spacial score (nSPS) is 19.1. The first kappa shape index (κ1) is 20.2. The number of carbonyl (C=O) groups is 1. The van der Waals surface area contributed by atoms with Crippen molar-refractivity contribution in [1.82, 2.24) is 10.6 Å². The number of nitrogens with one attached hydrogen (secondary N) is 2. The van der Waals surface area contributed by atoms with Crippen molar-refractivity contribution in [1.29, 1.82) is 0 Å². The van der Waals surface area contributed by atoms with Gasteiger partial charge in [-0.2, -0.15) is 13.2 Å². The minimum atomic E-state index is -4.95. The summed E-state index contributed by atoms with van der Waals surface area (Å²) in [7, 11) is 0. The lowest BCUT2D eigenvalue weighted by molar-refractivity contribution is -0.355. The van der Waals surface area contributed by atoms with Crippen LogP contribution in [0.3, 0.4) is 0 Å². The number of alkyl halides is 3. The Balaban J connectivity index is 1.50. The van der Waals surface area contributed by atoms with Crippen LogP contribution in [0.15, 0.2) is 46.9 Å². The second-order valence-electron chi connectivity index (χ2n) is 6.23. The zero-order chi connectivity index (χ0) is 20.2. The molecule has 1 aliphatic heterocycles. The number of nitrogens with zero attached hydrogens (tertiary/aromatic N) is 1. The number of amides is 2. The monoisotopic (exact) mass is 413 g/mol. The fourth-order valence-corrected chi connectivity index (χ4v) is 3.30. The van der Waals surface area contributed by atoms with Crippen LogP contribution in [0.4, 0.5) is 18.0 Å². The molecule has 1 atom stereocenters. The number of oxime groups is 1. The van der Waals surface area contributed by atoms with Gasteiger partial charge in [0.15, 0.2) is 0 Å². The minimum absolute atomic E-state index is 0.0120. The van der Waals surface area contributed by atoms with E-state index in [1.54, 1.807) is 35.6 Å². The Bertz CT molecular complexity index is 855. The molecule has 3 N–H and O–H groups in total. The molecule has 10 heteroatoms. The molecule has 0 spiro atoms. The van der Waals surface area contributed by atoms with Crippen molar-refractivity contribution in [2.24, 2.45) is 5.16 Å². The second kappa shape index (κ2) is 8.19. The SMILES string of the molecule is O=C(NCCc1cccs1)NCc1cccc(C2=NOC(O)(C(F)(F)F)C2)c1. The van der Waals surface area contributed by atoms with E-state index in [9.17, 15) is 23.1 Å². The zero-order valence-electron chi connectivity index (χ0n) is 14.6. The Morgan fingerprint density at radius 3 is 2.79 bits per heavy atom. The van der Waals surface area contributed by atoms with E-state index in [1.807, 2.05) is 17.5 Å². The van der Waals surface area contributed by atoms with E-state index in [1.165, 1.54) is 4.88 Å². The molecule has 0 fully saturated rings. The summed E-state index contributed by atoms with van der Waals surface area (Å²) in [6, 6.07) is 10.1. The van der Waals surface area contributed by atoms with Gasteiger partial charge in [0.25, 0.3) is 0 Å². The van der Waals surface area contributed by atoms with Gasteiger partial charge in [-0.15, -0.1) is 11.3 Å². The molecule has 1 aliphatic rings. The van der Waals surface area contributed by atoms with Gasteiger partial charge in [0.05, 0.1) is 12.1 Å². The molecule has 0 aliphatic carbocycles. The topological polar surface area (TPSA) is 83.0 Å². The van der Waals surface area contributed by atoms with Crippen LogP contribution in [0.25, 0.3) is 0 Å². The highest BCUT2D eigenvalue weighted by molar-refractivity contribution is 7.09. The molecule has 0 saturated carbocycles. The fourth-order valence-electron chi connectivity index (χ4n) is 2.59. The summed E-state index contributed by atoms with van der Waals surface area (Å²) in [6.45, 7) is 0.687. The Morgan fingerprint density at radius 1 is 1.29 bits per heavy atom. The van der Waals surface area contributed by atoms with E-state index >= 15 is 0 Å². The first-order valence-corrected chi connectivity index (χ1v) is 9.32. The molecule has 1 unspecified atom stereocenters. The average Bonchev–Trinajstić information content (AvgIpc) is 3.30. The van der Waals surface area contributed by atoms with Gasteiger partial charge < -0.3 is 20.6 Å². The molecular formula is C18H18F3N3O3S. The van der Waals surface area contributed by atoms with E-state index < -0.39 is 18.4 Å². The highest BCUT2D eigenvalue weighted by atomic mass is 32.1. The van der Waals surface area contributed by atoms with E-state index in [-0.39, 0.29) is 18.3 Å². The molecule has 6 nitrogen and oxygen atoms in total. The molecule has 150 valence electrons. The van der Waals surface area contributed by atoms with Crippen LogP contribution in [-0.2, 0) is 17.8 Å². The lowest BCUT2D eigenvalue weighted by Crippen LogP contribution is -2.45. The second-order valence-corrected chi connectivity index (χ2v) is 7.26. The first-order chi connectivity index (χ1) is 13.3. The molecule has 1 aromatic heterocycles. The summed E-state index contributed by atoms with van der Waals surface area (Å²) in [6.07, 6.45) is -5.00. The molecule has 1 aromatic carbocycles. The predicted molar refractivity (Wildman–Crippen MR) is 97.9 cm³/mol. The van der Waals surface area contributed by atoms with Crippen molar-refractivity contribution in [2.45, 2.75) is 31.3 Å². The van der Waals surface area contributed by atoms with Gasteiger partial charge in [0, 0.05) is 18.0 Å². The number of benzene rings is 1. The Hall–Kier alpha value is -2.59. The quantitative estimate of drug-likeness (QED) is 0.680. The van der Waals surface area contributed by atoms with Crippen molar-refractivity contribution < 1.29 is 27.9 Å². The van der Waals surface area contributed by atoms with Crippen LogP contribution >= 0.6 is 11.3 Å². The van der Waals surface area contributed by atoms with Gasteiger partial charge in [-0.05, 0) is 35.1 Å². The molecule has 2 heterocycles. The lowest BCUT2D eigenvalue weighted by atomic mass is 10.0. The van der Waals surface area contributed by atoms with Crippen LogP contribution in [0.1, 0.15) is 22.4 Å². The molecule has 0 radical (unpaired) electrons. The van der Waals surface area contributed by atoms with Crippen LogP contribution in [-0.4, -0.2) is 35.4 Å². The molecule has 3 rings (SSSR count). The van der Waals surface area contributed by atoms with Gasteiger partial charge >= 0.3 is 18.0 Å². The summed E-state index contributed by atoms with van der Waals surface area (Å²) in [4.78, 5) is 17.3. The third-order valence-corrected chi connectivity index (χ3v) is 5.04. The maximum Gasteiger partial charge on any atom is 0.458 e. The summed E-state index contributed by atoms with van der Waals surface area (Å²) in [5.74, 6) is -3.31. The highest BCUT2D eigenvalue weighted by Crippen LogP contribution is 2.38. The number of hydrogen-bond acceptors (Lipinski definition) is 5. The third kappa shape index (κ3) is 4.82. The Morgan fingerprint density at radius 2 is 2.11 bits per heavy atom.